The minimum atomic E-state index is 0.735. The van der Waals surface area contributed by atoms with Crippen molar-refractivity contribution < 1.29 is 4.74 Å². The minimum Gasteiger partial charge on any atom is -0.478 e. The molecule has 0 radical (unpaired) electrons. The zero-order valence-corrected chi connectivity index (χ0v) is 8.20. The van der Waals surface area contributed by atoms with E-state index in [-0.39, 0.29) is 0 Å². The highest BCUT2D eigenvalue weighted by atomic mass is 16.5. The Balaban J connectivity index is 2.07. The maximum Gasteiger partial charge on any atom is 0.213 e. The Morgan fingerprint density at radius 2 is 2.15 bits per heavy atom. The van der Waals surface area contributed by atoms with Crippen molar-refractivity contribution in [1.82, 2.24) is 4.98 Å². The molecule has 1 aromatic heterocycles. The van der Waals surface area contributed by atoms with E-state index < -0.39 is 0 Å². The van der Waals surface area contributed by atoms with Gasteiger partial charge < -0.3 is 4.74 Å². The number of hydrogen-bond acceptors (Lipinski definition) is 2. The summed E-state index contributed by atoms with van der Waals surface area (Å²) in [5, 5.41) is 0. The molecule has 2 heteroatoms. The van der Waals surface area contributed by atoms with E-state index in [9.17, 15) is 0 Å². The first-order valence-electron chi connectivity index (χ1n) is 4.97. The monoisotopic (exact) mass is 179 g/mol. The number of aromatic nitrogens is 1. The lowest BCUT2D eigenvalue weighted by Gasteiger charge is -2.03. The van der Waals surface area contributed by atoms with Gasteiger partial charge in [-0.1, -0.05) is 32.3 Å². The van der Waals surface area contributed by atoms with Gasteiger partial charge in [-0.2, -0.15) is 0 Å². The fourth-order valence-corrected chi connectivity index (χ4v) is 1.14. The Morgan fingerprint density at radius 3 is 2.85 bits per heavy atom. The maximum absolute atomic E-state index is 5.44. The van der Waals surface area contributed by atoms with Gasteiger partial charge in [0.15, 0.2) is 0 Å². The van der Waals surface area contributed by atoms with Crippen LogP contribution >= 0.6 is 0 Å². The standard InChI is InChI=1S/C11H17NO/c1-2-3-4-7-10-13-11-8-5-6-9-12-11/h5-6,8-9H,2-4,7,10H2,1H3. The molecule has 0 aliphatic rings. The fourth-order valence-electron chi connectivity index (χ4n) is 1.14. The largest absolute Gasteiger partial charge is 0.478 e. The lowest BCUT2D eigenvalue weighted by molar-refractivity contribution is 0.294. The van der Waals surface area contributed by atoms with Gasteiger partial charge in [-0.25, -0.2) is 4.98 Å². The summed E-state index contributed by atoms with van der Waals surface area (Å²) in [6.07, 6.45) is 6.70. The van der Waals surface area contributed by atoms with Crippen LogP contribution in [0.5, 0.6) is 5.88 Å². The molecule has 1 aromatic rings. The molecule has 1 heterocycles. The molecule has 0 bridgehead atoms. The van der Waals surface area contributed by atoms with E-state index in [0.29, 0.717) is 0 Å². The van der Waals surface area contributed by atoms with E-state index in [0.717, 1.165) is 18.9 Å². The van der Waals surface area contributed by atoms with Gasteiger partial charge in [-0.05, 0) is 12.5 Å². The highest BCUT2D eigenvalue weighted by Gasteiger charge is 1.92. The SMILES string of the molecule is CCCCCCOc1ccccn1. The lowest BCUT2D eigenvalue weighted by Crippen LogP contribution is -1.98. The van der Waals surface area contributed by atoms with Crippen LogP contribution < -0.4 is 4.74 Å². The Kier molecular flexibility index (Phi) is 4.99. The van der Waals surface area contributed by atoms with Crippen molar-refractivity contribution in [2.24, 2.45) is 0 Å². The second kappa shape index (κ2) is 6.46. The van der Waals surface area contributed by atoms with Crippen LogP contribution in [0.3, 0.4) is 0 Å². The number of rotatable bonds is 6. The molecule has 0 aliphatic carbocycles. The van der Waals surface area contributed by atoms with E-state index >= 15 is 0 Å². The van der Waals surface area contributed by atoms with E-state index in [1.54, 1.807) is 6.20 Å². The molecule has 0 saturated carbocycles. The molecule has 0 N–H and O–H groups in total. The Bertz CT molecular complexity index is 211. The van der Waals surface area contributed by atoms with Crippen LogP contribution in [0.25, 0.3) is 0 Å². The summed E-state index contributed by atoms with van der Waals surface area (Å²) >= 11 is 0. The van der Waals surface area contributed by atoms with Gasteiger partial charge in [0.25, 0.3) is 0 Å². The van der Waals surface area contributed by atoms with Gasteiger partial charge in [-0.15, -0.1) is 0 Å². The molecule has 0 atom stereocenters. The summed E-state index contributed by atoms with van der Waals surface area (Å²) < 4.78 is 5.44. The van der Waals surface area contributed by atoms with E-state index in [1.165, 1.54) is 19.3 Å². The Morgan fingerprint density at radius 1 is 1.23 bits per heavy atom. The lowest BCUT2D eigenvalue weighted by atomic mass is 10.2. The molecule has 0 aliphatic heterocycles. The summed E-state index contributed by atoms with van der Waals surface area (Å²) in [6.45, 7) is 3.00. The predicted octanol–water partition coefficient (Wildman–Crippen LogP) is 3.04. The van der Waals surface area contributed by atoms with Crippen LogP contribution in [0.2, 0.25) is 0 Å². The van der Waals surface area contributed by atoms with Gasteiger partial charge in [0.05, 0.1) is 6.61 Å². The van der Waals surface area contributed by atoms with Crippen molar-refractivity contribution in [1.29, 1.82) is 0 Å². The second-order valence-electron chi connectivity index (χ2n) is 3.08. The molecule has 0 unspecified atom stereocenters. The number of hydrogen-bond donors (Lipinski definition) is 0. The van der Waals surface area contributed by atoms with Gasteiger partial charge in [0.1, 0.15) is 0 Å². The van der Waals surface area contributed by atoms with Crippen LogP contribution in [-0.4, -0.2) is 11.6 Å². The van der Waals surface area contributed by atoms with Gasteiger partial charge in [-0.3, -0.25) is 0 Å². The zero-order valence-electron chi connectivity index (χ0n) is 8.20. The van der Waals surface area contributed by atoms with Crippen LogP contribution in [0, 0.1) is 0 Å². The van der Waals surface area contributed by atoms with Crippen molar-refractivity contribution in [2.45, 2.75) is 32.6 Å². The summed E-state index contributed by atoms with van der Waals surface area (Å²) in [5.41, 5.74) is 0. The molecule has 0 saturated heterocycles. The van der Waals surface area contributed by atoms with Gasteiger partial charge in [0.2, 0.25) is 5.88 Å². The van der Waals surface area contributed by atoms with Crippen molar-refractivity contribution in [3.8, 4) is 5.88 Å². The summed E-state index contributed by atoms with van der Waals surface area (Å²) in [7, 11) is 0. The van der Waals surface area contributed by atoms with Crippen molar-refractivity contribution >= 4 is 0 Å². The molecule has 0 spiro atoms. The molecule has 0 fully saturated rings. The predicted molar refractivity (Wildman–Crippen MR) is 53.9 cm³/mol. The quantitative estimate of drug-likeness (QED) is 0.626. The van der Waals surface area contributed by atoms with Gasteiger partial charge >= 0.3 is 0 Å². The van der Waals surface area contributed by atoms with Crippen LogP contribution in [-0.2, 0) is 0 Å². The normalized spacial score (nSPS) is 9.92. The number of pyridine rings is 1. The van der Waals surface area contributed by atoms with Crippen LogP contribution in [0.4, 0.5) is 0 Å². The van der Waals surface area contributed by atoms with Crippen LogP contribution in [0.1, 0.15) is 32.6 Å². The van der Waals surface area contributed by atoms with E-state index in [2.05, 4.69) is 11.9 Å². The number of unbranched alkanes of at least 4 members (excludes halogenated alkanes) is 3. The molecule has 0 aromatic carbocycles. The maximum atomic E-state index is 5.44. The van der Waals surface area contributed by atoms with Crippen molar-refractivity contribution in [3.63, 3.8) is 0 Å². The first kappa shape index (κ1) is 10.0. The van der Waals surface area contributed by atoms with Crippen molar-refractivity contribution in [3.05, 3.63) is 24.4 Å². The third kappa shape index (κ3) is 4.51. The average Bonchev–Trinajstić information content (AvgIpc) is 2.19. The fraction of sp³-hybridized carbons (Fsp3) is 0.545. The Labute approximate surface area is 80.0 Å². The third-order valence-electron chi connectivity index (χ3n) is 1.89. The Hall–Kier alpha value is -1.05. The molecule has 1 rings (SSSR count). The number of ether oxygens (including phenoxy) is 1. The summed E-state index contributed by atoms with van der Waals surface area (Å²) in [4.78, 5) is 4.07. The molecular weight excluding hydrogens is 162 g/mol. The van der Waals surface area contributed by atoms with Crippen LogP contribution in [0.15, 0.2) is 24.4 Å². The molecule has 2 nitrogen and oxygen atoms in total. The highest BCUT2D eigenvalue weighted by Crippen LogP contribution is 2.05. The smallest absolute Gasteiger partial charge is 0.213 e. The molecule has 72 valence electrons. The average molecular weight is 179 g/mol. The molecule has 13 heavy (non-hydrogen) atoms. The summed E-state index contributed by atoms with van der Waals surface area (Å²) in [6, 6.07) is 5.72. The highest BCUT2D eigenvalue weighted by molar-refractivity contribution is 5.08. The topological polar surface area (TPSA) is 22.1 Å². The van der Waals surface area contributed by atoms with Gasteiger partial charge in [0, 0.05) is 12.3 Å². The molecular formula is C11H17NO. The first-order valence-corrected chi connectivity index (χ1v) is 4.97. The van der Waals surface area contributed by atoms with Crippen molar-refractivity contribution in [2.75, 3.05) is 6.61 Å². The first-order chi connectivity index (χ1) is 6.43. The van der Waals surface area contributed by atoms with E-state index in [4.69, 9.17) is 4.74 Å². The number of nitrogens with zero attached hydrogens (tertiary/aromatic N) is 1. The second-order valence-corrected chi connectivity index (χ2v) is 3.08. The molecule has 0 amide bonds. The minimum absolute atomic E-state index is 0.735. The summed E-state index contributed by atoms with van der Waals surface area (Å²) in [5.74, 6) is 0.735. The van der Waals surface area contributed by atoms with E-state index in [1.807, 2.05) is 18.2 Å². The third-order valence-corrected chi connectivity index (χ3v) is 1.89. The zero-order chi connectivity index (χ0) is 9.36.